The van der Waals surface area contributed by atoms with Crippen LogP contribution in [-0.2, 0) is 4.79 Å². The molecule has 1 saturated carbocycles. The molecular formula is C13H15NO4. The molecule has 0 atom stereocenters. The molecule has 0 radical (unpaired) electrons. The Balaban J connectivity index is 2.02. The van der Waals surface area contributed by atoms with Gasteiger partial charge in [0.2, 0.25) is 0 Å². The van der Waals surface area contributed by atoms with E-state index in [1.54, 1.807) is 18.2 Å². The molecule has 96 valence electrons. The van der Waals surface area contributed by atoms with Crippen LogP contribution in [0.25, 0.3) is 0 Å². The minimum absolute atomic E-state index is 0.113. The maximum Gasteiger partial charge on any atom is 0.258 e. The largest absolute Gasteiger partial charge is 0.493 e. The Morgan fingerprint density at radius 3 is 2.89 bits per heavy atom. The minimum atomic E-state index is -0.180. The summed E-state index contributed by atoms with van der Waals surface area (Å²) in [6.45, 7) is -0.113. The third kappa shape index (κ3) is 3.00. The average molecular weight is 249 g/mol. The fourth-order valence-electron chi connectivity index (χ4n) is 1.58. The molecular weight excluding hydrogens is 234 g/mol. The second kappa shape index (κ2) is 5.53. The Bertz CT molecular complexity index is 454. The molecule has 1 aliphatic rings. The van der Waals surface area contributed by atoms with E-state index >= 15 is 0 Å². The van der Waals surface area contributed by atoms with Gasteiger partial charge in [-0.25, -0.2) is 0 Å². The number of rotatable bonds is 6. The van der Waals surface area contributed by atoms with Crippen LogP contribution in [0.4, 0.5) is 0 Å². The Morgan fingerprint density at radius 2 is 2.28 bits per heavy atom. The Hall–Kier alpha value is -2.04. The van der Waals surface area contributed by atoms with E-state index in [1.807, 2.05) is 0 Å². The van der Waals surface area contributed by atoms with Gasteiger partial charge in [0.25, 0.3) is 5.91 Å². The van der Waals surface area contributed by atoms with Gasteiger partial charge in [0.1, 0.15) is 0 Å². The zero-order valence-corrected chi connectivity index (χ0v) is 10.1. The van der Waals surface area contributed by atoms with E-state index in [-0.39, 0.29) is 12.5 Å². The van der Waals surface area contributed by atoms with Crippen molar-refractivity contribution in [2.24, 2.45) is 0 Å². The fourth-order valence-corrected chi connectivity index (χ4v) is 1.58. The van der Waals surface area contributed by atoms with E-state index in [9.17, 15) is 9.59 Å². The van der Waals surface area contributed by atoms with E-state index in [2.05, 4.69) is 5.32 Å². The predicted octanol–water partition coefficient (Wildman–Crippen LogP) is 1.17. The Kier molecular flexibility index (Phi) is 3.82. The number of carbonyl (C=O) groups is 2. The van der Waals surface area contributed by atoms with Crippen LogP contribution < -0.4 is 14.8 Å². The van der Waals surface area contributed by atoms with Crippen molar-refractivity contribution < 1.29 is 19.1 Å². The average Bonchev–Trinajstić information content (AvgIpc) is 3.19. The lowest BCUT2D eigenvalue weighted by Gasteiger charge is -2.12. The van der Waals surface area contributed by atoms with Crippen molar-refractivity contribution in [2.75, 3.05) is 13.7 Å². The van der Waals surface area contributed by atoms with Gasteiger partial charge in [0.15, 0.2) is 24.4 Å². The van der Waals surface area contributed by atoms with Gasteiger partial charge in [-0.05, 0) is 25.0 Å². The number of amides is 1. The number of hydrogen-bond acceptors (Lipinski definition) is 4. The molecule has 1 amide bonds. The number of methoxy groups -OCH3 is 1. The number of carbonyl (C=O) groups excluding carboxylic acids is 2. The summed E-state index contributed by atoms with van der Waals surface area (Å²) in [6, 6.07) is 5.29. The standard InChI is InChI=1S/C13H15NO4/c1-17-11-4-2-3-9(7-15)13(11)18-8-12(16)14-10-5-6-10/h2-4,7,10H,5-6,8H2,1H3,(H,14,16). The van der Waals surface area contributed by atoms with Crippen LogP contribution in [0.2, 0.25) is 0 Å². The molecule has 18 heavy (non-hydrogen) atoms. The lowest BCUT2D eigenvalue weighted by molar-refractivity contribution is -0.123. The van der Waals surface area contributed by atoms with E-state index in [0.717, 1.165) is 12.8 Å². The molecule has 1 aromatic carbocycles. The smallest absolute Gasteiger partial charge is 0.258 e. The molecule has 0 saturated heterocycles. The van der Waals surface area contributed by atoms with Crippen LogP contribution in [0, 0.1) is 0 Å². The molecule has 1 N–H and O–H groups in total. The molecule has 0 aromatic heterocycles. The van der Waals surface area contributed by atoms with Crippen molar-refractivity contribution in [2.45, 2.75) is 18.9 Å². The summed E-state index contributed by atoms with van der Waals surface area (Å²) >= 11 is 0. The number of hydrogen-bond donors (Lipinski definition) is 1. The van der Waals surface area contributed by atoms with Gasteiger partial charge >= 0.3 is 0 Å². The molecule has 1 aliphatic carbocycles. The summed E-state index contributed by atoms with van der Waals surface area (Å²) < 4.78 is 10.5. The van der Waals surface area contributed by atoms with E-state index < -0.39 is 0 Å². The first-order chi connectivity index (χ1) is 8.74. The minimum Gasteiger partial charge on any atom is -0.493 e. The fraction of sp³-hybridized carbons (Fsp3) is 0.385. The first-order valence-corrected chi connectivity index (χ1v) is 5.79. The van der Waals surface area contributed by atoms with Crippen LogP contribution in [-0.4, -0.2) is 32.0 Å². The van der Waals surface area contributed by atoms with E-state index in [4.69, 9.17) is 9.47 Å². The maximum absolute atomic E-state index is 11.5. The summed E-state index contributed by atoms with van der Waals surface area (Å²) in [5, 5.41) is 2.81. The van der Waals surface area contributed by atoms with Crippen LogP contribution in [0.5, 0.6) is 11.5 Å². The number of ether oxygens (including phenoxy) is 2. The molecule has 1 fully saturated rings. The Morgan fingerprint density at radius 1 is 1.50 bits per heavy atom. The Labute approximate surface area is 105 Å². The van der Waals surface area contributed by atoms with Gasteiger partial charge in [-0.1, -0.05) is 6.07 Å². The highest BCUT2D eigenvalue weighted by Gasteiger charge is 2.23. The van der Waals surface area contributed by atoms with Crippen molar-refractivity contribution >= 4 is 12.2 Å². The quantitative estimate of drug-likeness (QED) is 0.768. The van der Waals surface area contributed by atoms with Crippen molar-refractivity contribution in [1.82, 2.24) is 5.32 Å². The molecule has 1 aromatic rings. The van der Waals surface area contributed by atoms with Crippen molar-refractivity contribution in [3.63, 3.8) is 0 Å². The topological polar surface area (TPSA) is 64.6 Å². The molecule has 0 bridgehead atoms. The van der Waals surface area contributed by atoms with E-state index in [0.29, 0.717) is 29.4 Å². The van der Waals surface area contributed by atoms with Gasteiger partial charge in [0, 0.05) is 6.04 Å². The summed E-state index contributed by atoms with van der Waals surface area (Å²) in [6.07, 6.45) is 2.73. The lowest BCUT2D eigenvalue weighted by Crippen LogP contribution is -2.30. The predicted molar refractivity (Wildman–Crippen MR) is 65.0 cm³/mol. The third-order valence-electron chi connectivity index (χ3n) is 2.65. The van der Waals surface area contributed by atoms with Crippen LogP contribution in [0.3, 0.4) is 0 Å². The highest BCUT2D eigenvalue weighted by molar-refractivity contribution is 5.82. The molecule has 0 heterocycles. The van der Waals surface area contributed by atoms with Crippen LogP contribution in [0.15, 0.2) is 18.2 Å². The summed E-state index contributed by atoms with van der Waals surface area (Å²) in [4.78, 5) is 22.4. The van der Waals surface area contributed by atoms with Crippen LogP contribution >= 0.6 is 0 Å². The van der Waals surface area contributed by atoms with Gasteiger partial charge in [-0.15, -0.1) is 0 Å². The number of nitrogens with one attached hydrogen (secondary N) is 1. The van der Waals surface area contributed by atoms with Gasteiger partial charge in [0.05, 0.1) is 12.7 Å². The number of aldehydes is 1. The second-order valence-corrected chi connectivity index (χ2v) is 4.13. The first kappa shape index (κ1) is 12.4. The summed E-state index contributed by atoms with van der Waals surface area (Å²) in [5.74, 6) is 0.569. The monoisotopic (exact) mass is 249 g/mol. The second-order valence-electron chi connectivity index (χ2n) is 4.13. The van der Waals surface area contributed by atoms with Gasteiger partial charge in [-0.2, -0.15) is 0 Å². The molecule has 5 heteroatoms. The molecule has 2 rings (SSSR count). The van der Waals surface area contributed by atoms with Gasteiger partial charge in [-0.3, -0.25) is 9.59 Å². The molecule has 0 unspecified atom stereocenters. The highest BCUT2D eigenvalue weighted by Crippen LogP contribution is 2.29. The van der Waals surface area contributed by atoms with Crippen LogP contribution in [0.1, 0.15) is 23.2 Å². The maximum atomic E-state index is 11.5. The zero-order valence-electron chi connectivity index (χ0n) is 10.1. The summed E-state index contributed by atoms with van der Waals surface area (Å²) in [5.41, 5.74) is 0.369. The van der Waals surface area contributed by atoms with Crippen molar-refractivity contribution in [3.8, 4) is 11.5 Å². The normalized spacial score (nSPS) is 13.8. The summed E-state index contributed by atoms with van der Waals surface area (Å²) in [7, 11) is 1.49. The molecule has 5 nitrogen and oxygen atoms in total. The number of para-hydroxylation sites is 1. The van der Waals surface area contributed by atoms with Crippen molar-refractivity contribution in [1.29, 1.82) is 0 Å². The van der Waals surface area contributed by atoms with Gasteiger partial charge < -0.3 is 14.8 Å². The highest BCUT2D eigenvalue weighted by atomic mass is 16.5. The zero-order chi connectivity index (χ0) is 13.0. The van der Waals surface area contributed by atoms with E-state index in [1.165, 1.54) is 7.11 Å². The number of benzene rings is 1. The first-order valence-electron chi connectivity index (χ1n) is 5.79. The molecule has 0 spiro atoms. The van der Waals surface area contributed by atoms with Crippen molar-refractivity contribution in [3.05, 3.63) is 23.8 Å². The third-order valence-corrected chi connectivity index (χ3v) is 2.65. The molecule has 0 aliphatic heterocycles. The SMILES string of the molecule is COc1cccc(C=O)c1OCC(=O)NC1CC1. The lowest BCUT2D eigenvalue weighted by atomic mass is 10.2.